The Kier molecular flexibility index (Phi) is 4.71. The first kappa shape index (κ1) is 14.6. The molecular weight excluding hydrogens is 276 g/mol. The maximum absolute atomic E-state index is 12.2. The zero-order chi connectivity index (χ0) is 15.2. The summed E-state index contributed by atoms with van der Waals surface area (Å²) in [5.74, 6) is 1.50. The van der Waals surface area contributed by atoms with Crippen LogP contribution in [0.4, 0.5) is 0 Å². The second-order valence-corrected chi connectivity index (χ2v) is 5.44. The Balaban J connectivity index is 1.59. The van der Waals surface area contributed by atoms with E-state index in [1.54, 1.807) is 12.1 Å². The Morgan fingerprint density at radius 3 is 2.27 bits per heavy atom. The van der Waals surface area contributed by atoms with Crippen LogP contribution in [0.25, 0.3) is 0 Å². The van der Waals surface area contributed by atoms with Crippen molar-refractivity contribution in [1.29, 1.82) is 0 Å². The van der Waals surface area contributed by atoms with E-state index in [4.69, 9.17) is 4.74 Å². The summed E-state index contributed by atoms with van der Waals surface area (Å²) >= 11 is 0. The molecule has 1 aliphatic heterocycles. The third-order valence-electron chi connectivity index (χ3n) is 3.77. The third-order valence-corrected chi connectivity index (χ3v) is 3.77. The SMILES string of the molecule is O=C(NC1CCNCC1)c1ccc(Oc2ccccc2)cc1. The number of amides is 1. The smallest absolute Gasteiger partial charge is 0.251 e. The number of hydrogen-bond donors (Lipinski definition) is 2. The van der Waals surface area contributed by atoms with Gasteiger partial charge in [-0.2, -0.15) is 0 Å². The molecule has 0 unspecified atom stereocenters. The van der Waals surface area contributed by atoms with E-state index in [2.05, 4.69) is 10.6 Å². The number of hydrogen-bond acceptors (Lipinski definition) is 3. The molecule has 2 aromatic carbocycles. The van der Waals surface area contributed by atoms with Crippen molar-refractivity contribution in [3.8, 4) is 11.5 Å². The van der Waals surface area contributed by atoms with Crippen molar-refractivity contribution >= 4 is 5.91 Å². The lowest BCUT2D eigenvalue weighted by atomic mass is 10.1. The van der Waals surface area contributed by atoms with Crippen LogP contribution in [0.15, 0.2) is 54.6 Å². The van der Waals surface area contributed by atoms with Crippen LogP contribution in [0, 0.1) is 0 Å². The second-order valence-electron chi connectivity index (χ2n) is 5.44. The van der Waals surface area contributed by atoms with Crippen molar-refractivity contribution in [2.45, 2.75) is 18.9 Å². The summed E-state index contributed by atoms with van der Waals surface area (Å²) in [5.41, 5.74) is 0.666. The summed E-state index contributed by atoms with van der Waals surface area (Å²) in [6, 6.07) is 17.1. The summed E-state index contributed by atoms with van der Waals surface area (Å²) in [5, 5.41) is 6.38. The quantitative estimate of drug-likeness (QED) is 0.912. The van der Waals surface area contributed by atoms with Gasteiger partial charge in [0.1, 0.15) is 11.5 Å². The number of ether oxygens (including phenoxy) is 1. The number of carbonyl (C=O) groups is 1. The lowest BCUT2D eigenvalue weighted by Crippen LogP contribution is -2.42. The molecule has 4 heteroatoms. The molecule has 2 N–H and O–H groups in total. The number of para-hydroxylation sites is 1. The Morgan fingerprint density at radius 2 is 1.59 bits per heavy atom. The van der Waals surface area contributed by atoms with Crippen molar-refractivity contribution in [2.75, 3.05) is 13.1 Å². The van der Waals surface area contributed by atoms with Crippen molar-refractivity contribution < 1.29 is 9.53 Å². The number of carbonyl (C=O) groups excluding carboxylic acids is 1. The topological polar surface area (TPSA) is 50.4 Å². The van der Waals surface area contributed by atoms with E-state index in [-0.39, 0.29) is 11.9 Å². The molecule has 0 aliphatic carbocycles. The first-order valence-electron chi connectivity index (χ1n) is 7.66. The molecule has 0 spiro atoms. The predicted molar refractivity (Wildman–Crippen MR) is 86.3 cm³/mol. The van der Waals surface area contributed by atoms with Gasteiger partial charge in [0, 0.05) is 11.6 Å². The molecule has 114 valence electrons. The molecule has 22 heavy (non-hydrogen) atoms. The molecule has 1 fully saturated rings. The van der Waals surface area contributed by atoms with Gasteiger partial charge in [0.05, 0.1) is 0 Å². The summed E-state index contributed by atoms with van der Waals surface area (Å²) < 4.78 is 5.72. The van der Waals surface area contributed by atoms with Crippen LogP contribution in [-0.2, 0) is 0 Å². The number of benzene rings is 2. The molecule has 0 atom stereocenters. The van der Waals surface area contributed by atoms with Crippen molar-refractivity contribution in [3.05, 3.63) is 60.2 Å². The average molecular weight is 296 g/mol. The first-order chi connectivity index (χ1) is 10.8. The Labute approximate surface area is 130 Å². The minimum absolute atomic E-state index is 0.0156. The van der Waals surface area contributed by atoms with E-state index < -0.39 is 0 Å². The lowest BCUT2D eigenvalue weighted by Gasteiger charge is -2.23. The lowest BCUT2D eigenvalue weighted by molar-refractivity contribution is 0.0929. The summed E-state index contributed by atoms with van der Waals surface area (Å²) in [6.45, 7) is 1.93. The zero-order valence-corrected chi connectivity index (χ0v) is 12.4. The van der Waals surface area contributed by atoms with Crippen LogP contribution in [0.5, 0.6) is 11.5 Å². The molecule has 4 nitrogen and oxygen atoms in total. The number of nitrogens with one attached hydrogen (secondary N) is 2. The van der Waals surface area contributed by atoms with Gasteiger partial charge in [-0.3, -0.25) is 4.79 Å². The van der Waals surface area contributed by atoms with Gasteiger partial charge in [0.2, 0.25) is 0 Å². The molecule has 1 saturated heterocycles. The molecule has 3 rings (SSSR count). The minimum atomic E-state index is -0.0156. The van der Waals surface area contributed by atoms with Gasteiger partial charge >= 0.3 is 0 Å². The van der Waals surface area contributed by atoms with E-state index >= 15 is 0 Å². The molecular formula is C18H20N2O2. The largest absolute Gasteiger partial charge is 0.457 e. The molecule has 1 heterocycles. The van der Waals surface area contributed by atoms with E-state index in [0.717, 1.165) is 37.4 Å². The fourth-order valence-electron chi connectivity index (χ4n) is 2.53. The van der Waals surface area contributed by atoms with Crippen LogP contribution in [0.1, 0.15) is 23.2 Å². The number of rotatable bonds is 4. The summed E-state index contributed by atoms with van der Waals surface area (Å²) in [6.07, 6.45) is 1.97. The second kappa shape index (κ2) is 7.09. The van der Waals surface area contributed by atoms with Crippen LogP contribution < -0.4 is 15.4 Å². The number of piperidine rings is 1. The van der Waals surface area contributed by atoms with Gasteiger partial charge in [-0.1, -0.05) is 18.2 Å². The van der Waals surface area contributed by atoms with Gasteiger partial charge in [0.15, 0.2) is 0 Å². The molecule has 1 amide bonds. The third kappa shape index (κ3) is 3.86. The first-order valence-corrected chi connectivity index (χ1v) is 7.66. The fourth-order valence-corrected chi connectivity index (χ4v) is 2.53. The van der Waals surface area contributed by atoms with Crippen molar-refractivity contribution in [1.82, 2.24) is 10.6 Å². The molecule has 2 aromatic rings. The Morgan fingerprint density at radius 1 is 0.955 bits per heavy atom. The average Bonchev–Trinajstić information content (AvgIpc) is 2.57. The highest BCUT2D eigenvalue weighted by molar-refractivity contribution is 5.94. The van der Waals surface area contributed by atoms with Crippen LogP contribution >= 0.6 is 0 Å². The van der Waals surface area contributed by atoms with Crippen molar-refractivity contribution in [2.24, 2.45) is 0 Å². The highest BCUT2D eigenvalue weighted by atomic mass is 16.5. The molecule has 0 saturated carbocycles. The Hall–Kier alpha value is -2.33. The standard InChI is InChI=1S/C18H20N2O2/c21-18(20-15-10-12-19-13-11-15)14-6-8-17(9-7-14)22-16-4-2-1-3-5-16/h1-9,15,19H,10-13H2,(H,20,21). The maximum Gasteiger partial charge on any atom is 0.251 e. The van der Waals surface area contributed by atoms with Crippen LogP contribution in [0.3, 0.4) is 0 Å². The summed E-state index contributed by atoms with van der Waals surface area (Å²) in [7, 11) is 0. The fraction of sp³-hybridized carbons (Fsp3) is 0.278. The highest BCUT2D eigenvalue weighted by Gasteiger charge is 2.16. The van der Waals surface area contributed by atoms with E-state index in [9.17, 15) is 4.79 Å². The van der Waals surface area contributed by atoms with Crippen molar-refractivity contribution in [3.63, 3.8) is 0 Å². The predicted octanol–water partition coefficient (Wildman–Crippen LogP) is 2.96. The van der Waals surface area contributed by atoms with Gasteiger partial charge in [-0.05, 0) is 62.3 Å². The van der Waals surface area contributed by atoms with Gasteiger partial charge in [-0.25, -0.2) is 0 Å². The van der Waals surface area contributed by atoms with Gasteiger partial charge in [0.25, 0.3) is 5.91 Å². The monoisotopic (exact) mass is 296 g/mol. The van der Waals surface area contributed by atoms with Crippen LogP contribution in [0.2, 0.25) is 0 Å². The Bertz CT molecular complexity index is 605. The molecule has 0 aromatic heterocycles. The van der Waals surface area contributed by atoms with E-state index in [1.807, 2.05) is 42.5 Å². The minimum Gasteiger partial charge on any atom is -0.457 e. The zero-order valence-electron chi connectivity index (χ0n) is 12.4. The molecule has 0 bridgehead atoms. The molecule has 1 aliphatic rings. The van der Waals surface area contributed by atoms with Gasteiger partial charge < -0.3 is 15.4 Å². The highest BCUT2D eigenvalue weighted by Crippen LogP contribution is 2.21. The van der Waals surface area contributed by atoms with E-state index in [0.29, 0.717) is 5.56 Å². The van der Waals surface area contributed by atoms with E-state index in [1.165, 1.54) is 0 Å². The summed E-state index contributed by atoms with van der Waals surface area (Å²) in [4.78, 5) is 12.2. The normalized spacial score (nSPS) is 15.3. The van der Waals surface area contributed by atoms with Gasteiger partial charge in [-0.15, -0.1) is 0 Å². The van der Waals surface area contributed by atoms with Crippen LogP contribution in [-0.4, -0.2) is 25.0 Å². The maximum atomic E-state index is 12.2. The molecule has 0 radical (unpaired) electrons.